The van der Waals surface area contributed by atoms with E-state index in [4.69, 9.17) is 16.3 Å². The van der Waals surface area contributed by atoms with Crippen LogP contribution in [0.25, 0.3) is 0 Å². The Morgan fingerprint density at radius 1 is 1.21 bits per heavy atom. The predicted octanol–water partition coefficient (Wildman–Crippen LogP) is 2.74. The number of hydrogen-bond acceptors (Lipinski definition) is 6. The minimum atomic E-state index is -1.27. The number of hydrogen-bond donors (Lipinski definition) is 1. The zero-order valence-electron chi connectivity index (χ0n) is 15.6. The fraction of sp³-hybridized carbons (Fsp3) is 0.238. The maximum absolute atomic E-state index is 13.1. The normalized spacial score (nSPS) is 20.8. The number of anilines is 1. The van der Waals surface area contributed by atoms with Gasteiger partial charge in [-0.15, -0.1) is 0 Å². The Morgan fingerprint density at radius 3 is 2.69 bits per heavy atom. The molecule has 2 amide bonds. The standard InChI is InChI=1S/C21H18ClN3O4/c1-13-7-8-15(9-16(13)22)25-18(26)11-21(20(25)28)10-17(23-24-21)19(27)29-12-14-5-3-2-4-6-14/h2-9,24H,10-12H2,1H3/t21-/m1/s1. The van der Waals surface area contributed by atoms with Crippen molar-refractivity contribution in [2.45, 2.75) is 31.9 Å². The van der Waals surface area contributed by atoms with Crippen LogP contribution in [0.3, 0.4) is 0 Å². The topological polar surface area (TPSA) is 88.1 Å². The van der Waals surface area contributed by atoms with Gasteiger partial charge in [0.2, 0.25) is 5.91 Å². The van der Waals surface area contributed by atoms with E-state index in [1.807, 2.05) is 37.3 Å². The van der Waals surface area contributed by atoms with Gasteiger partial charge in [0.05, 0.1) is 12.1 Å². The molecule has 0 saturated carbocycles. The third kappa shape index (κ3) is 3.49. The van der Waals surface area contributed by atoms with Gasteiger partial charge in [-0.25, -0.2) is 9.69 Å². The Labute approximate surface area is 172 Å². The first-order chi connectivity index (χ1) is 13.9. The summed E-state index contributed by atoms with van der Waals surface area (Å²) in [5, 5.41) is 4.46. The van der Waals surface area contributed by atoms with E-state index in [1.54, 1.807) is 18.2 Å². The predicted molar refractivity (Wildman–Crippen MR) is 107 cm³/mol. The van der Waals surface area contributed by atoms with Crippen molar-refractivity contribution < 1.29 is 19.1 Å². The molecule has 148 valence electrons. The summed E-state index contributed by atoms with van der Waals surface area (Å²) in [5.74, 6) is -1.45. The second kappa shape index (κ2) is 7.33. The van der Waals surface area contributed by atoms with Gasteiger partial charge < -0.3 is 4.74 Å². The average molecular weight is 412 g/mol. The highest BCUT2D eigenvalue weighted by Gasteiger charge is 2.56. The molecule has 2 aliphatic heterocycles. The molecule has 0 aromatic heterocycles. The minimum Gasteiger partial charge on any atom is -0.456 e. The SMILES string of the molecule is Cc1ccc(N2C(=O)C[C@]3(CC(C(=O)OCc4ccccc4)=NN3)C2=O)cc1Cl. The number of rotatable bonds is 4. The van der Waals surface area contributed by atoms with Crippen LogP contribution in [0.5, 0.6) is 0 Å². The number of amides is 2. The molecule has 29 heavy (non-hydrogen) atoms. The first-order valence-corrected chi connectivity index (χ1v) is 9.46. The van der Waals surface area contributed by atoms with Gasteiger partial charge in [0.1, 0.15) is 17.9 Å². The second-order valence-electron chi connectivity index (χ2n) is 7.14. The molecule has 1 N–H and O–H groups in total. The molecule has 4 rings (SSSR count). The van der Waals surface area contributed by atoms with Crippen molar-refractivity contribution in [2.24, 2.45) is 5.10 Å². The maximum atomic E-state index is 13.1. The molecule has 0 bridgehead atoms. The number of hydrazone groups is 1. The summed E-state index contributed by atoms with van der Waals surface area (Å²) in [4.78, 5) is 39.1. The average Bonchev–Trinajstić information content (AvgIpc) is 3.24. The second-order valence-corrected chi connectivity index (χ2v) is 7.54. The fourth-order valence-electron chi connectivity index (χ4n) is 3.41. The quantitative estimate of drug-likeness (QED) is 0.617. The maximum Gasteiger partial charge on any atom is 0.354 e. The lowest BCUT2D eigenvalue weighted by Gasteiger charge is -2.21. The lowest BCUT2D eigenvalue weighted by Crippen LogP contribution is -2.47. The number of imide groups is 1. The van der Waals surface area contributed by atoms with E-state index in [-0.39, 0.29) is 31.1 Å². The molecule has 2 aliphatic rings. The lowest BCUT2D eigenvalue weighted by atomic mass is 9.93. The van der Waals surface area contributed by atoms with Gasteiger partial charge in [-0.1, -0.05) is 48.0 Å². The van der Waals surface area contributed by atoms with Crippen molar-refractivity contribution in [3.63, 3.8) is 0 Å². The van der Waals surface area contributed by atoms with Gasteiger partial charge in [0.25, 0.3) is 5.91 Å². The molecule has 7 nitrogen and oxygen atoms in total. The first-order valence-electron chi connectivity index (χ1n) is 9.08. The number of aryl methyl sites for hydroxylation is 1. The van der Waals surface area contributed by atoms with Crippen molar-refractivity contribution >= 4 is 40.8 Å². The molecular formula is C21H18ClN3O4. The molecule has 1 spiro atoms. The third-order valence-electron chi connectivity index (χ3n) is 5.05. The van der Waals surface area contributed by atoms with E-state index in [1.165, 1.54) is 0 Å². The van der Waals surface area contributed by atoms with Crippen LogP contribution in [0.2, 0.25) is 5.02 Å². The van der Waals surface area contributed by atoms with Gasteiger partial charge in [-0.2, -0.15) is 5.10 Å². The van der Waals surface area contributed by atoms with Crippen LogP contribution in [0.15, 0.2) is 53.6 Å². The third-order valence-corrected chi connectivity index (χ3v) is 5.46. The van der Waals surface area contributed by atoms with Crippen LogP contribution in [0.1, 0.15) is 24.0 Å². The van der Waals surface area contributed by atoms with Gasteiger partial charge >= 0.3 is 5.97 Å². The Hall–Kier alpha value is -3.19. The zero-order chi connectivity index (χ0) is 20.6. The molecule has 1 atom stereocenters. The summed E-state index contributed by atoms with van der Waals surface area (Å²) in [6, 6.07) is 14.2. The molecule has 0 unspecified atom stereocenters. The molecule has 1 fully saturated rings. The van der Waals surface area contributed by atoms with Crippen LogP contribution in [-0.4, -0.2) is 29.0 Å². The van der Waals surface area contributed by atoms with Gasteiger partial charge in [0.15, 0.2) is 0 Å². The summed E-state index contributed by atoms with van der Waals surface area (Å²) in [6.07, 6.45) is -0.114. The number of nitrogens with one attached hydrogen (secondary N) is 1. The Balaban J connectivity index is 1.46. The monoisotopic (exact) mass is 411 g/mol. The van der Waals surface area contributed by atoms with Crippen LogP contribution >= 0.6 is 11.6 Å². The van der Waals surface area contributed by atoms with Crippen LogP contribution < -0.4 is 10.3 Å². The molecule has 2 heterocycles. The number of benzene rings is 2. The summed E-state index contributed by atoms with van der Waals surface area (Å²) < 4.78 is 5.28. The van der Waals surface area contributed by atoms with Crippen LogP contribution in [0, 0.1) is 6.92 Å². The number of carbonyl (C=O) groups excluding carboxylic acids is 3. The highest BCUT2D eigenvalue weighted by atomic mass is 35.5. The molecule has 2 aromatic rings. The van der Waals surface area contributed by atoms with E-state index in [0.717, 1.165) is 16.0 Å². The summed E-state index contributed by atoms with van der Waals surface area (Å²) in [5.41, 5.74) is 3.61. The van der Waals surface area contributed by atoms with Gasteiger partial charge in [0, 0.05) is 11.4 Å². The Bertz CT molecular complexity index is 1040. The number of esters is 1. The van der Waals surface area contributed by atoms with E-state index in [2.05, 4.69) is 10.5 Å². The van der Waals surface area contributed by atoms with Crippen molar-refractivity contribution in [3.8, 4) is 0 Å². The van der Waals surface area contributed by atoms with Crippen molar-refractivity contribution in [1.82, 2.24) is 5.43 Å². The number of carbonyl (C=O) groups is 3. The zero-order valence-corrected chi connectivity index (χ0v) is 16.4. The minimum absolute atomic E-state index is 0.0126. The van der Waals surface area contributed by atoms with E-state index >= 15 is 0 Å². The number of ether oxygens (including phenoxy) is 1. The molecular weight excluding hydrogens is 394 g/mol. The highest BCUT2D eigenvalue weighted by Crippen LogP contribution is 2.36. The Kier molecular flexibility index (Phi) is 4.84. The van der Waals surface area contributed by atoms with Crippen LogP contribution in [-0.2, 0) is 25.7 Å². The van der Waals surface area contributed by atoms with Crippen molar-refractivity contribution in [3.05, 3.63) is 64.7 Å². The van der Waals surface area contributed by atoms with Crippen molar-refractivity contribution in [2.75, 3.05) is 4.90 Å². The molecule has 0 radical (unpaired) electrons. The van der Waals surface area contributed by atoms with E-state index < -0.39 is 17.4 Å². The smallest absolute Gasteiger partial charge is 0.354 e. The molecule has 0 aliphatic carbocycles. The number of nitrogens with zero attached hydrogens (tertiary/aromatic N) is 2. The number of halogens is 1. The lowest BCUT2D eigenvalue weighted by molar-refractivity contribution is -0.136. The molecule has 1 saturated heterocycles. The Morgan fingerprint density at radius 2 is 1.97 bits per heavy atom. The molecule has 8 heteroatoms. The van der Waals surface area contributed by atoms with Gasteiger partial charge in [-0.05, 0) is 30.2 Å². The van der Waals surface area contributed by atoms with E-state index in [9.17, 15) is 14.4 Å². The van der Waals surface area contributed by atoms with E-state index in [0.29, 0.717) is 10.7 Å². The van der Waals surface area contributed by atoms with Gasteiger partial charge in [-0.3, -0.25) is 15.0 Å². The molecule has 2 aromatic carbocycles. The summed E-state index contributed by atoms with van der Waals surface area (Å²) >= 11 is 6.14. The summed E-state index contributed by atoms with van der Waals surface area (Å²) in [7, 11) is 0. The van der Waals surface area contributed by atoms with Crippen molar-refractivity contribution in [1.29, 1.82) is 0 Å². The largest absolute Gasteiger partial charge is 0.456 e. The summed E-state index contributed by atoms with van der Waals surface area (Å²) in [6.45, 7) is 1.94. The van der Waals surface area contributed by atoms with Crippen LogP contribution in [0.4, 0.5) is 5.69 Å². The first kappa shape index (κ1) is 19.1. The fourth-order valence-corrected chi connectivity index (χ4v) is 3.59. The highest BCUT2D eigenvalue weighted by molar-refractivity contribution is 6.39.